The Morgan fingerprint density at radius 1 is 1.24 bits per heavy atom. The Kier molecular flexibility index (Phi) is 3.20. The molecule has 2 heterocycles. The number of likely N-dealkylation sites (tertiary alicyclic amines) is 1. The Bertz CT molecular complexity index is 1080. The number of ether oxygens (including phenoxy) is 2. The first-order valence-corrected chi connectivity index (χ1v) is 10.1. The topological polar surface area (TPSA) is 59.0 Å². The number of nitrogens with zero attached hydrogens (tertiary/aromatic N) is 1. The van der Waals surface area contributed by atoms with Crippen molar-refractivity contribution >= 4 is 5.78 Å². The van der Waals surface area contributed by atoms with Gasteiger partial charge in [-0.15, -0.1) is 0 Å². The molecule has 2 aliphatic heterocycles. The molecule has 2 aliphatic carbocycles. The van der Waals surface area contributed by atoms with E-state index in [9.17, 15) is 9.90 Å². The third kappa shape index (κ3) is 1.87. The van der Waals surface area contributed by atoms with Crippen molar-refractivity contribution in [3.63, 3.8) is 0 Å². The Morgan fingerprint density at radius 2 is 2.03 bits per heavy atom. The second-order valence-corrected chi connectivity index (χ2v) is 8.82. The van der Waals surface area contributed by atoms with Gasteiger partial charge in [0.05, 0.1) is 18.6 Å². The van der Waals surface area contributed by atoms with Gasteiger partial charge >= 0.3 is 0 Å². The van der Waals surface area contributed by atoms with Crippen molar-refractivity contribution in [2.24, 2.45) is 0 Å². The Hall–Kier alpha value is -2.79. The van der Waals surface area contributed by atoms with Gasteiger partial charge in [-0.1, -0.05) is 36.4 Å². The highest BCUT2D eigenvalue weighted by atomic mass is 16.5. The number of Topliss-reactive ketones (excluding diaryl/α,β-unsaturated/α-hetero) is 1. The maximum Gasteiger partial charge on any atom is 0.198 e. The van der Waals surface area contributed by atoms with Crippen molar-refractivity contribution in [1.29, 1.82) is 0 Å². The van der Waals surface area contributed by atoms with Gasteiger partial charge in [-0.05, 0) is 30.7 Å². The number of methoxy groups -OCH3 is 1. The van der Waals surface area contributed by atoms with E-state index in [-0.39, 0.29) is 29.9 Å². The summed E-state index contributed by atoms with van der Waals surface area (Å²) in [7, 11) is 3.64. The molecule has 4 aliphatic rings. The number of hydrogen-bond acceptors (Lipinski definition) is 5. The molecule has 0 amide bonds. The Morgan fingerprint density at radius 3 is 2.79 bits per heavy atom. The summed E-state index contributed by atoms with van der Waals surface area (Å²) in [6.07, 6.45) is 3.04. The zero-order valence-electron chi connectivity index (χ0n) is 16.5. The highest BCUT2D eigenvalue weighted by Gasteiger charge is 2.74. The van der Waals surface area contributed by atoms with Gasteiger partial charge < -0.3 is 14.6 Å². The average Bonchev–Trinajstić information content (AvgIpc) is 2.86. The van der Waals surface area contributed by atoms with Crippen LogP contribution in [0.1, 0.15) is 29.0 Å². The molecular formula is C24H23NO4. The predicted octanol–water partition coefficient (Wildman–Crippen LogP) is 2.92. The number of carbonyl (C=O) groups excluding carboxylic acids is 1. The highest BCUT2D eigenvalue weighted by molar-refractivity contribution is 5.97. The standard InChI is InChI=1S/C24H23NO4/c1-25-13-23-11-17(26)19(28-2)12-24(23)22(25)16(10-14-6-4-3-5-7-14)15-8-9-18(29-24)21(27)20(15)23/h3-9,12,16,22,27H,10-11,13H2,1-2H3/t16-,22+,23-,24+/m1/s1. The van der Waals surface area contributed by atoms with Gasteiger partial charge in [0.2, 0.25) is 0 Å². The molecule has 1 fully saturated rings. The van der Waals surface area contributed by atoms with Gasteiger partial charge in [0.25, 0.3) is 0 Å². The molecule has 0 saturated carbocycles. The molecule has 0 unspecified atom stereocenters. The molecule has 4 atom stereocenters. The fourth-order valence-electron chi connectivity index (χ4n) is 6.56. The van der Waals surface area contributed by atoms with E-state index in [1.165, 1.54) is 5.56 Å². The molecule has 0 aromatic heterocycles. The van der Waals surface area contributed by atoms with Crippen LogP contribution in [0.25, 0.3) is 0 Å². The lowest BCUT2D eigenvalue weighted by atomic mass is 9.52. The minimum atomic E-state index is -0.717. The minimum absolute atomic E-state index is 0.0278. The number of aromatic hydroxyl groups is 1. The maximum atomic E-state index is 12.9. The number of ketones is 1. The second kappa shape index (κ2) is 5.42. The number of fused-ring (bicyclic) bond motifs is 1. The van der Waals surface area contributed by atoms with Gasteiger partial charge in [-0.2, -0.15) is 0 Å². The summed E-state index contributed by atoms with van der Waals surface area (Å²) in [5, 5.41) is 11.1. The van der Waals surface area contributed by atoms with Crippen LogP contribution < -0.4 is 4.74 Å². The Labute approximate surface area is 169 Å². The first-order valence-electron chi connectivity index (χ1n) is 10.1. The molecule has 148 valence electrons. The first kappa shape index (κ1) is 17.1. The van der Waals surface area contributed by atoms with Crippen molar-refractivity contribution in [3.05, 3.63) is 71.0 Å². The zero-order chi connectivity index (χ0) is 20.0. The van der Waals surface area contributed by atoms with Crippen molar-refractivity contribution in [1.82, 2.24) is 4.90 Å². The van der Waals surface area contributed by atoms with Crippen LogP contribution in [-0.4, -0.2) is 48.1 Å². The second-order valence-electron chi connectivity index (χ2n) is 8.82. The van der Waals surface area contributed by atoms with Crippen molar-refractivity contribution in [3.8, 4) is 11.5 Å². The van der Waals surface area contributed by atoms with Crippen LogP contribution in [0.2, 0.25) is 0 Å². The predicted molar refractivity (Wildman–Crippen MR) is 107 cm³/mol. The van der Waals surface area contributed by atoms with Crippen LogP contribution in [0.5, 0.6) is 11.5 Å². The smallest absolute Gasteiger partial charge is 0.198 e. The lowest BCUT2D eigenvalue weighted by Crippen LogP contribution is -2.66. The molecular weight excluding hydrogens is 366 g/mol. The van der Waals surface area contributed by atoms with Gasteiger partial charge in [-0.25, -0.2) is 0 Å². The molecule has 29 heavy (non-hydrogen) atoms. The van der Waals surface area contributed by atoms with Crippen molar-refractivity contribution in [2.75, 3.05) is 20.7 Å². The molecule has 1 saturated heterocycles. The molecule has 5 nitrogen and oxygen atoms in total. The van der Waals surface area contributed by atoms with Crippen LogP contribution in [-0.2, 0) is 21.4 Å². The van der Waals surface area contributed by atoms with Crippen molar-refractivity contribution in [2.45, 2.75) is 35.8 Å². The maximum absolute atomic E-state index is 12.9. The number of carbonyl (C=O) groups is 1. The zero-order valence-corrected chi connectivity index (χ0v) is 16.5. The van der Waals surface area contributed by atoms with Gasteiger partial charge in [-0.3, -0.25) is 9.69 Å². The summed E-state index contributed by atoms with van der Waals surface area (Å²) in [4.78, 5) is 15.2. The number of phenols is 1. The summed E-state index contributed by atoms with van der Waals surface area (Å²) in [6.45, 7) is 0.673. The number of allylic oxidation sites excluding steroid dienone is 1. The number of likely N-dealkylation sites (N-methyl/N-ethyl adjacent to an activating group) is 1. The van der Waals surface area contributed by atoms with Crippen LogP contribution in [0, 0.1) is 0 Å². The van der Waals surface area contributed by atoms with Crippen molar-refractivity contribution < 1.29 is 19.4 Å². The molecule has 0 spiro atoms. The summed E-state index contributed by atoms with van der Waals surface area (Å²) in [5.74, 6) is 1.18. The monoisotopic (exact) mass is 389 g/mol. The van der Waals surface area contributed by atoms with Gasteiger partial charge in [0, 0.05) is 30.5 Å². The fourth-order valence-corrected chi connectivity index (χ4v) is 6.56. The van der Waals surface area contributed by atoms with Gasteiger partial charge in [0.15, 0.2) is 28.6 Å². The lowest BCUT2D eigenvalue weighted by Gasteiger charge is -2.56. The van der Waals surface area contributed by atoms with E-state index in [1.54, 1.807) is 7.11 Å². The molecule has 5 heteroatoms. The molecule has 5 bridgehead atoms. The van der Waals surface area contributed by atoms with E-state index >= 15 is 0 Å². The van der Waals surface area contributed by atoms with E-state index < -0.39 is 11.0 Å². The fraction of sp³-hybridized carbons (Fsp3) is 0.375. The third-order valence-electron chi connectivity index (χ3n) is 7.49. The SMILES string of the molecule is COC1=C[C@@]23Oc4ccc5c(c4O)[C@@]2(CC1=O)CN(C)[C@H]3[C@@H]5Cc1ccccc1. The summed E-state index contributed by atoms with van der Waals surface area (Å²) in [5.41, 5.74) is 2.00. The van der Waals surface area contributed by atoms with E-state index in [4.69, 9.17) is 9.47 Å². The lowest BCUT2D eigenvalue weighted by molar-refractivity contribution is -0.124. The van der Waals surface area contributed by atoms with E-state index in [1.807, 2.05) is 18.2 Å². The van der Waals surface area contributed by atoms with Crippen LogP contribution in [0.4, 0.5) is 0 Å². The van der Waals surface area contributed by atoms with Crippen LogP contribution in [0.15, 0.2) is 54.3 Å². The molecule has 1 N–H and O–H groups in total. The minimum Gasteiger partial charge on any atom is -0.504 e. The highest BCUT2D eigenvalue weighted by Crippen LogP contribution is 2.67. The molecule has 2 aromatic rings. The largest absolute Gasteiger partial charge is 0.504 e. The Balaban J connectivity index is 1.64. The quantitative estimate of drug-likeness (QED) is 0.875. The number of hydrogen-bond donors (Lipinski definition) is 1. The molecule has 0 radical (unpaired) electrons. The summed E-state index contributed by atoms with van der Waals surface area (Å²) < 4.78 is 12.1. The molecule has 2 aromatic carbocycles. The van der Waals surface area contributed by atoms with Crippen LogP contribution >= 0.6 is 0 Å². The normalized spacial score (nSPS) is 33.9. The van der Waals surface area contributed by atoms with E-state index in [2.05, 4.69) is 42.3 Å². The third-order valence-corrected chi connectivity index (χ3v) is 7.49. The van der Waals surface area contributed by atoms with Crippen LogP contribution in [0.3, 0.4) is 0 Å². The molecule has 6 rings (SSSR count). The van der Waals surface area contributed by atoms with E-state index in [0.29, 0.717) is 18.1 Å². The first-order chi connectivity index (χ1) is 14.0. The average molecular weight is 389 g/mol. The number of benzene rings is 2. The number of phenolic OH excluding ortho intramolecular Hbond substituents is 1. The summed E-state index contributed by atoms with van der Waals surface area (Å²) >= 11 is 0. The van der Waals surface area contributed by atoms with E-state index in [0.717, 1.165) is 17.5 Å². The number of rotatable bonds is 3. The van der Waals surface area contributed by atoms with Gasteiger partial charge in [0.1, 0.15) is 0 Å². The summed E-state index contributed by atoms with van der Waals surface area (Å²) in [6, 6.07) is 14.4.